The number of benzene rings is 3. The fourth-order valence-corrected chi connectivity index (χ4v) is 3.87. The van der Waals surface area contributed by atoms with Crippen LogP contribution in [0, 0.1) is 17.1 Å². The molecule has 3 aromatic rings. The van der Waals surface area contributed by atoms with Crippen molar-refractivity contribution in [1.82, 2.24) is 5.32 Å². The largest absolute Gasteiger partial charge is 0.493 e. The minimum atomic E-state index is -0.433. The third-order valence-corrected chi connectivity index (χ3v) is 5.56. The lowest BCUT2D eigenvalue weighted by atomic mass is 10.1. The normalized spacial score (nSPS) is 10.9. The lowest BCUT2D eigenvalue weighted by molar-refractivity contribution is -0.117. The molecule has 5 nitrogen and oxygen atoms in total. The molecule has 0 fully saturated rings. The molecule has 0 spiro atoms. The molecule has 1 N–H and O–H groups in total. The smallest absolute Gasteiger partial charge is 0.261 e. The first kappa shape index (κ1) is 25.0. The van der Waals surface area contributed by atoms with Gasteiger partial charge in [-0.3, -0.25) is 4.79 Å². The van der Waals surface area contributed by atoms with E-state index in [9.17, 15) is 14.4 Å². The Morgan fingerprint density at radius 3 is 2.59 bits per heavy atom. The highest BCUT2D eigenvalue weighted by Crippen LogP contribution is 2.37. The summed E-state index contributed by atoms with van der Waals surface area (Å²) in [5.41, 5.74) is 2.46. The van der Waals surface area contributed by atoms with Crippen LogP contribution in [0.25, 0.3) is 6.08 Å². The number of hydrogen-bond acceptors (Lipinski definition) is 4. The summed E-state index contributed by atoms with van der Waals surface area (Å²) in [6, 6.07) is 21.5. The van der Waals surface area contributed by atoms with E-state index in [1.54, 1.807) is 24.3 Å². The molecule has 0 unspecified atom stereocenters. The zero-order chi connectivity index (χ0) is 24.3. The van der Waals surface area contributed by atoms with Gasteiger partial charge in [0.1, 0.15) is 24.1 Å². The summed E-state index contributed by atoms with van der Waals surface area (Å²) in [5, 5.41) is 12.3. The van der Waals surface area contributed by atoms with E-state index in [1.165, 1.54) is 30.9 Å². The van der Waals surface area contributed by atoms with Gasteiger partial charge in [-0.2, -0.15) is 5.26 Å². The Labute approximate surface area is 207 Å². The average molecular weight is 523 g/mol. The van der Waals surface area contributed by atoms with Crippen LogP contribution >= 0.6 is 15.9 Å². The van der Waals surface area contributed by atoms with Crippen LogP contribution < -0.4 is 14.8 Å². The fourth-order valence-electron chi connectivity index (χ4n) is 3.30. The van der Waals surface area contributed by atoms with E-state index in [0.29, 0.717) is 33.6 Å². The second kappa shape index (κ2) is 12.6. The molecule has 0 saturated heterocycles. The fraction of sp³-hybridized carbons (Fsp3) is 0.185. The van der Waals surface area contributed by atoms with Crippen molar-refractivity contribution in [3.8, 4) is 17.6 Å². The van der Waals surface area contributed by atoms with E-state index < -0.39 is 5.91 Å². The van der Waals surface area contributed by atoms with Crippen LogP contribution in [-0.4, -0.2) is 19.6 Å². The number of methoxy groups -OCH3 is 1. The number of nitrogens with zero attached hydrogens (tertiary/aromatic N) is 1. The molecule has 1 amide bonds. The molecule has 0 heterocycles. The number of nitriles is 1. The van der Waals surface area contributed by atoms with Gasteiger partial charge in [0.05, 0.1) is 11.6 Å². The van der Waals surface area contributed by atoms with E-state index in [2.05, 4.69) is 21.2 Å². The number of carbonyl (C=O) groups excluding carboxylic acids is 1. The number of hydrogen-bond donors (Lipinski definition) is 1. The van der Waals surface area contributed by atoms with Crippen LogP contribution in [0.15, 0.2) is 76.8 Å². The minimum Gasteiger partial charge on any atom is -0.493 e. The highest BCUT2D eigenvalue weighted by Gasteiger charge is 2.14. The van der Waals surface area contributed by atoms with Crippen molar-refractivity contribution in [2.75, 3.05) is 13.7 Å². The van der Waals surface area contributed by atoms with Gasteiger partial charge in [0.15, 0.2) is 11.5 Å². The number of amides is 1. The van der Waals surface area contributed by atoms with Gasteiger partial charge in [0, 0.05) is 6.54 Å². The Hall–Kier alpha value is -3.63. The molecule has 3 aromatic carbocycles. The first-order valence-corrected chi connectivity index (χ1v) is 11.5. The molecule has 0 aliphatic carbocycles. The Morgan fingerprint density at radius 1 is 1.12 bits per heavy atom. The van der Waals surface area contributed by atoms with Gasteiger partial charge in [-0.25, -0.2) is 4.39 Å². The first-order valence-electron chi connectivity index (χ1n) is 10.7. The molecule has 0 aromatic heterocycles. The molecule has 34 heavy (non-hydrogen) atoms. The van der Waals surface area contributed by atoms with Gasteiger partial charge in [-0.15, -0.1) is 0 Å². The molecule has 0 aliphatic rings. The SMILES string of the molecule is COc1cc(/C=C(/C#N)C(=O)NCCCc2ccccc2)cc(Br)c1OCc1cccc(F)c1. The van der Waals surface area contributed by atoms with Crippen LogP contribution in [0.2, 0.25) is 0 Å². The maximum absolute atomic E-state index is 13.4. The molecule has 0 aliphatic heterocycles. The third kappa shape index (κ3) is 7.19. The van der Waals surface area contributed by atoms with E-state index in [4.69, 9.17) is 9.47 Å². The maximum Gasteiger partial charge on any atom is 0.261 e. The van der Waals surface area contributed by atoms with Crippen LogP contribution in [0.3, 0.4) is 0 Å². The van der Waals surface area contributed by atoms with Crippen LogP contribution in [0.1, 0.15) is 23.1 Å². The minimum absolute atomic E-state index is 0.0120. The molecular weight excluding hydrogens is 499 g/mol. The second-order valence-corrected chi connectivity index (χ2v) is 8.32. The summed E-state index contributed by atoms with van der Waals surface area (Å²) >= 11 is 3.46. The molecule has 0 bridgehead atoms. The maximum atomic E-state index is 13.4. The van der Waals surface area contributed by atoms with Crippen molar-refractivity contribution < 1.29 is 18.7 Å². The number of nitrogens with one attached hydrogen (secondary N) is 1. The molecule has 174 valence electrons. The quantitative estimate of drug-likeness (QED) is 0.206. The Balaban J connectivity index is 1.65. The summed E-state index contributed by atoms with van der Waals surface area (Å²) in [6.07, 6.45) is 3.11. The summed E-state index contributed by atoms with van der Waals surface area (Å²) in [5.74, 6) is 0.0810. The van der Waals surface area contributed by atoms with Gasteiger partial charge >= 0.3 is 0 Å². The zero-order valence-corrected chi connectivity index (χ0v) is 20.3. The van der Waals surface area contributed by atoms with Gasteiger partial charge < -0.3 is 14.8 Å². The number of aryl methyl sites for hydroxylation is 1. The van der Waals surface area contributed by atoms with Crippen LogP contribution in [0.4, 0.5) is 4.39 Å². The van der Waals surface area contributed by atoms with Crippen molar-refractivity contribution >= 4 is 27.9 Å². The number of carbonyl (C=O) groups is 1. The molecule has 0 saturated carbocycles. The summed E-state index contributed by atoms with van der Waals surface area (Å²) in [7, 11) is 1.50. The Kier molecular flexibility index (Phi) is 9.24. The van der Waals surface area contributed by atoms with Gasteiger partial charge in [-0.1, -0.05) is 42.5 Å². The monoisotopic (exact) mass is 522 g/mol. The van der Waals surface area contributed by atoms with Crippen LogP contribution in [-0.2, 0) is 17.8 Å². The highest BCUT2D eigenvalue weighted by atomic mass is 79.9. The number of ether oxygens (including phenoxy) is 2. The molecular formula is C27H24BrFN2O3. The van der Waals surface area contributed by atoms with Crippen molar-refractivity contribution in [2.24, 2.45) is 0 Å². The number of halogens is 2. The van der Waals surface area contributed by atoms with Crippen molar-refractivity contribution in [1.29, 1.82) is 5.26 Å². The van der Waals surface area contributed by atoms with Gasteiger partial charge in [0.25, 0.3) is 5.91 Å². The van der Waals surface area contributed by atoms with E-state index in [-0.39, 0.29) is 18.0 Å². The zero-order valence-electron chi connectivity index (χ0n) is 18.7. The van der Waals surface area contributed by atoms with Gasteiger partial charge in [-0.05, 0) is 75.8 Å². The van der Waals surface area contributed by atoms with E-state index in [0.717, 1.165) is 12.8 Å². The van der Waals surface area contributed by atoms with Crippen LogP contribution in [0.5, 0.6) is 11.5 Å². The molecule has 0 atom stereocenters. The lowest BCUT2D eigenvalue weighted by Crippen LogP contribution is -2.25. The number of rotatable bonds is 10. The van der Waals surface area contributed by atoms with Crippen molar-refractivity contribution in [3.05, 3.63) is 99.3 Å². The topological polar surface area (TPSA) is 71.3 Å². The first-order chi connectivity index (χ1) is 16.5. The lowest BCUT2D eigenvalue weighted by Gasteiger charge is -2.14. The van der Waals surface area contributed by atoms with E-state index in [1.807, 2.05) is 36.4 Å². The summed E-state index contributed by atoms with van der Waals surface area (Å²) < 4.78 is 25.3. The standard InChI is InChI=1S/C27H24BrFN2O3/c1-33-25-16-21(15-24(28)26(25)34-18-20-9-5-11-23(29)14-20)13-22(17-30)27(32)31-12-6-10-19-7-3-2-4-8-19/h2-5,7-9,11,13-16H,6,10,12,18H2,1H3,(H,31,32)/b22-13-. The molecule has 3 rings (SSSR count). The second-order valence-electron chi connectivity index (χ2n) is 7.47. The highest BCUT2D eigenvalue weighted by molar-refractivity contribution is 9.10. The van der Waals surface area contributed by atoms with Crippen molar-refractivity contribution in [3.63, 3.8) is 0 Å². The average Bonchev–Trinajstić information content (AvgIpc) is 2.84. The third-order valence-electron chi connectivity index (χ3n) is 4.97. The molecule has 0 radical (unpaired) electrons. The predicted molar refractivity (Wildman–Crippen MR) is 133 cm³/mol. The molecule has 7 heteroatoms. The Bertz CT molecular complexity index is 1210. The summed E-state index contributed by atoms with van der Waals surface area (Å²) in [6.45, 7) is 0.614. The van der Waals surface area contributed by atoms with E-state index >= 15 is 0 Å². The van der Waals surface area contributed by atoms with Gasteiger partial charge in [0.2, 0.25) is 0 Å². The summed E-state index contributed by atoms with van der Waals surface area (Å²) in [4.78, 5) is 12.5. The Morgan fingerprint density at radius 2 is 1.88 bits per heavy atom. The predicted octanol–water partition coefficient (Wildman–Crippen LogP) is 5.83. The van der Waals surface area contributed by atoms with Crippen molar-refractivity contribution in [2.45, 2.75) is 19.4 Å².